The molecule has 0 aliphatic carbocycles. The fourth-order valence-corrected chi connectivity index (χ4v) is 3.22. The van der Waals surface area contributed by atoms with Gasteiger partial charge in [0.2, 0.25) is 15.8 Å². The van der Waals surface area contributed by atoms with Crippen molar-refractivity contribution in [1.29, 1.82) is 0 Å². The molecule has 0 aliphatic rings. The first-order chi connectivity index (χ1) is 12.9. The Morgan fingerprint density at radius 2 is 1.70 bits per heavy atom. The van der Waals surface area contributed by atoms with Gasteiger partial charge in [-0.3, -0.25) is 0 Å². The van der Waals surface area contributed by atoms with Crippen LogP contribution in [-0.4, -0.2) is 53.6 Å². The molecule has 8 nitrogen and oxygen atoms in total. The molecule has 27 heavy (non-hydrogen) atoms. The fourth-order valence-electron chi connectivity index (χ4n) is 2.32. The van der Waals surface area contributed by atoms with Gasteiger partial charge in [-0.15, -0.1) is 10.2 Å². The van der Waals surface area contributed by atoms with Crippen LogP contribution in [0.5, 0.6) is 5.75 Å². The minimum absolute atomic E-state index is 0.223. The van der Waals surface area contributed by atoms with Crippen molar-refractivity contribution in [2.75, 3.05) is 20.7 Å². The number of hydrogen-bond donors (Lipinski definition) is 0. The van der Waals surface area contributed by atoms with Crippen LogP contribution in [0, 0.1) is 6.92 Å². The molecule has 0 fully saturated rings. The Kier molecular flexibility index (Phi) is 5.52. The van der Waals surface area contributed by atoms with E-state index in [1.807, 2.05) is 31.2 Å². The van der Waals surface area contributed by atoms with Crippen LogP contribution in [0.15, 0.2) is 53.4 Å². The van der Waals surface area contributed by atoms with E-state index in [1.165, 1.54) is 40.9 Å². The van der Waals surface area contributed by atoms with Crippen molar-refractivity contribution >= 4 is 10.0 Å². The first kappa shape index (κ1) is 19.0. The molecule has 2 aromatic carbocycles. The zero-order chi connectivity index (χ0) is 19.4. The number of ether oxygens (including phenoxy) is 1. The average molecular weight is 387 g/mol. The highest BCUT2D eigenvalue weighted by molar-refractivity contribution is 7.89. The van der Waals surface area contributed by atoms with Crippen molar-refractivity contribution < 1.29 is 13.2 Å². The third kappa shape index (κ3) is 4.50. The second-order valence-electron chi connectivity index (χ2n) is 6.18. The number of benzene rings is 2. The van der Waals surface area contributed by atoms with Crippen LogP contribution < -0.4 is 4.74 Å². The molecule has 0 amide bonds. The lowest BCUT2D eigenvalue weighted by Gasteiger charge is -2.12. The third-order valence-electron chi connectivity index (χ3n) is 3.92. The maximum atomic E-state index is 12.0. The summed E-state index contributed by atoms with van der Waals surface area (Å²) in [7, 11) is -0.447. The summed E-state index contributed by atoms with van der Waals surface area (Å²) < 4.78 is 30.9. The van der Waals surface area contributed by atoms with E-state index < -0.39 is 10.0 Å². The molecule has 0 unspecified atom stereocenters. The zero-order valence-corrected chi connectivity index (χ0v) is 16.2. The van der Waals surface area contributed by atoms with Gasteiger partial charge in [-0.1, -0.05) is 29.8 Å². The van der Waals surface area contributed by atoms with Crippen molar-refractivity contribution in [2.45, 2.75) is 18.4 Å². The molecule has 0 saturated carbocycles. The van der Waals surface area contributed by atoms with Crippen LogP contribution >= 0.6 is 0 Å². The Morgan fingerprint density at radius 1 is 1.04 bits per heavy atom. The summed E-state index contributed by atoms with van der Waals surface area (Å²) in [5.41, 5.74) is 2.08. The quantitative estimate of drug-likeness (QED) is 0.616. The van der Waals surface area contributed by atoms with Crippen molar-refractivity contribution in [3.8, 4) is 17.1 Å². The third-order valence-corrected chi connectivity index (χ3v) is 5.75. The van der Waals surface area contributed by atoms with Crippen molar-refractivity contribution in [3.05, 3.63) is 54.1 Å². The maximum absolute atomic E-state index is 12.0. The average Bonchev–Trinajstić information content (AvgIpc) is 3.11. The number of nitrogens with zero attached hydrogens (tertiary/aromatic N) is 5. The topological polar surface area (TPSA) is 90.2 Å². The minimum atomic E-state index is -3.44. The first-order valence-electron chi connectivity index (χ1n) is 8.36. The summed E-state index contributed by atoms with van der Waals surface area (Å²) >= 11 is 0. The number of rotatable bonds is 7. The van der Waals surface area contributed by atoms with Crippen LogP contribution in [0.2, 0.25) is 0 Å². The van der Waals surface area contributed by atoms with Gasteiger partial charge >= 0.3 is 0 Å². The van der Waals surface area contributed by atoms with Crippen molar-refractivity contribution in [1.82, 2.24) is 24.5 Å². The molecule has 0 aliphatic heterocycles. The second kappa shape index (κ2) is 7.85. The number of aromatic nitrogens is 4. The Balaban J connectivity index is 1.57. The Hall–Kier alpha value is -2.78. The lowest BCUT2D eigenvalue weighted by atomic mass is 10.1. The monoisotopic (exact) mass is 387 g/mol. The molecule has 0 spiro atoms. The summed E-state index contributed by atoms with van der Waals surface area (Å²) in [6.45, 7) is 2.79. The summed E-state index contributed by atoms with van der Waals surface area (Å²) in [6.07, 6.45) is 0. The van der Waals surface area contributed by atoms with E-state index in [-0.39, 0.29) is 4.90 Å². The molecule has 142 valence electrons. The molecule has 3 rings (SSSR count). The number of tetrazole rings is 1. The first-order valence-corrected chi connectivity index (χ1v) is 9.80. The lowest BCUT2D eigenvalue weighted by Crippen LogP contribution is -2.22. The van der Waals surface area contributed by atoms with Crippen LogP contribution in [0.3, 0.4) is 0 Å². The van der Waals surface area contributed by atoms with E-state index in [0.717, 1.165) is 5.56 Å². The van der Waals surface area contributed by atoms with Crippen LogP contribution in [0.25, 0.3) is 11.4 Å². The minimum Gasteiger partial charge on any atom is -0.492 e. The number of aryl methyl sites for hydroxylation is 1. The number of sulfonamides is 1. The van der Waals surface area contributed by atoms with E-state index in [2.05, 4.69) is 15.4 Å². The van der Waals surface area contributed by atoms with E-state index in [4.69, 9.17) is 4.74 Å². The van der Waals surface area contributed by atoms with Crippen LogP contribution in [0.1, 0.15) is 5.56 Å². The summed E-state index contributed by atoms with van der Waals surface area (Å²) in [6, 6.07) is 14.2. The maximum Gasteiger partial charge on any atom is 0.242 e. The largest absolute Gasteiger partial charge is 0.492 e. The van der Waals surface area contributed by atoms with Crippen LogP contribution in [0.4, 0.5) is 0 Å². The Bertz CT molecular complexity index is 996. The van der Waals surface area contributed by atoms with Crippen molar-refractivity contribution in [3.63, 3.8) is 0 Å². The lowest BCUT2D eigenvalue weighted by molar-refractivity contribution is 0.280. The van der Waals surface area contributed by atoms with Gasteiger partial charge in [0.15, 0.2) is 0 Å². The van der Waals surface area contributed by atoms with Gasteiger partial charge in [-0.2, -0.15) is 4.80 Å². The summed E-state index contributed by atoms with van der Waals surface area (Å²) in [5, 5.41) is 12.4. The van der Waals surface area contributed by atoms with E-state index in [0.29, 0.717) is 24.7 Å². The molecule has 1 heterocycles. The predicted molar refractivity (Wildman–Crippen MR) is 101 cm³/mol. The molecule has 0 N–H and O–H groups in total. The van der Waals surface area contributed by atoms with E-state index >= 15 is 0 Å². The highest BCUT2D eigenvalue weighted by Gasteiger charge is 2.16. The second-order valence-corrected chi connectivity index (χ2v) is 8.33. The van der Waals surface area contributed by atoms with Gasteiger partial charge in [0, 0.05) is 19.7 Å². The highest BCUT2D eigenvalue weighted by Crippen LogP contribution is 2.18. The van der Waals surface area contributed by atoms with Gasteiger partial charge in [0.1, 0.15) is 12.4 Å². The van der Waals surface area contributed by atoms with Gasteiger partial charge in [-0.25, -0.2) is 12.7 Å². The molecular formula is C18H21N5O3S. The molecule has 3 aromatic rings. The zero-order valence-electron chi connectivity index (χ0n) is 15.4. The van der Waals surface area contributed by atoms with Gasteiger partial charge < -0.3 is 4.74 Å². The molecule has 0 saturated heterocycles. The van der Waals surface area contributed by atoms with E-state index in [9.17, 15) is 8.42 Å². The highest BCUT2D eigenvalue weighted by atomic mass is 32.2. The summed E-state index contributed by atoms with van der Waals surface area (Å²) in [4.78, 5) is 1.69. The van der Waals surface area contributed by atoms with Gasteiger partial charge in [-0.05, 0) is 36.4 Å². The Labute approximate surface area is 158 Å². The van der Waals surface area contributed by atoms with Crippen LogP contribution in [-0.2, 0) is 16.6 Å². The smallest absolute Gasteiger partial charge is 0.242 e. The molecule has 9 heteroatoms. The number of hydrogen-bond acceptors (Lipinski definition) is 6. The molecule has 0 radical (unpaired) electrons. The van der Waals surface area contributed by atoms with Gasteiger partial charge in [0.05, 0.1) is 11.4 Å². The van der Waals surface area contributed by atoms with Gasteiger partial charge in [0.25, 0.3) is 0 Å². The SMILES string of the molecule is Cc1ccc(-c2nnn(CCOc3ccc(S(=O)(=O)N(C)C)cc3)n2)cc1. The predicted octanol–water partition coefficient (Wildman–Crippen LogP) is 1.98. The molecular weight excluding hydrogens is 366 g/mol. The molecule has 0 bridgehead atoms. The normalized spacial score (nSPS) is 11.7. The Morgan fingerprint density at radius 3 is 2.33 bits per heavy atom. The van der Waals surface area contributed by atoms with E-state index in [1.54, 1.807) is 12.1 Å². The fraction of sp³-hybridized carbons (Fsp3) is 0.278. The summed E-state index contributed by atoms with van der Waals surface area (Å²) in [5.74, 6) is 1.14. The molecule has 1 aromatic heterocycles. The molecule has 0 atom stereocenters. The standard InChI is InChI=1S/C18H21N5O3S/c1-14-4-6-15(7-5-14)18-19-21-23(20-18)12-13-26-16-8-10-17(11-9-16)27(24,25)22(2)3/h4-11H,12-13H2,1-3H3. The van der Waals surface area contributed by atoms with Crippen molar-refractivity contribution in [2.24, 2.45) is 0 Å².